The van der Waals surface area contributed by atoms with Crippen LogP contribution in [0.15, 0.2) is 24.3 Å². The van der Waals surface area contributed by atoms with Crippen LogP contribution in [0.25, 0.3) is 10.4 Å². The molecule has 0 amide bonds. The first kappa shape index (κ1) is 13.4. The standard InChI is InChI=1S/C14H15NO3S/c1-8-11(15)13(14(16)18-3)19-12(8)9-5-4-6-10(7-9)17-2/h4-7H,15H2,1-3H3. The number of rotatable bonds is 3. The third-order valence-corrected chi connectivity index (χ3v) is 4.23. The van der Waals surface area contributed by atoms with Gasteiger partial charge >= 0.3 is 5.97 Å². The first-order valence-electron chi connectivity index (χ1n) is 5.70. The van der Waals surface area contributed by atoms with E-state index in [1.54, 1.807) is 7.11 Å². The molecule has 0 saturated heterocycles. The van der Waals surface area contributed by atoms with Gasteiger partial charge in [-0.15, -0.1) is 11.3 Å². The number of thiophene rings is 1. The molecule has 0 atom stereocenters. The van der Waals surface area contributed by atoms with E-state index in [1.807, 2.05) is 31.2 Å². The van der Waals surface area contributed by atoms with E-state index in [-0.39, 0.29) is 0 Å². The van der Waals surface area contributed by atoms with Crippen molar-refractivity contribution < 1.29 is 14.3 Å². The third kappa shape index (κ3) is 2.42. The molecule has 2 N–H and O–H groups in total. The molecule has 1 aromatic carbocycles. The molecule has 0 aliphatic carbocycles. The fourth-order valence-corrected chi connectivity index (χ4v) is 2.95. The lowest BCUT2D eigenvalue weighted by Gasteiger charge is -2.03. The number of hydrogen-bond donors (Lipinski definition) is 1. The van der Waals surface area contributed by atoms with E-state index in [4.69, 9.17) is 15.2 Å². The molecule has 0 bridgehead atoms. The Morgan fingerprint density at radius 2 is 2.05 bits per heavy atom. The van der Waals surface area contributed by atoms with Crippen LogP contribution >= 0.6 is 11.3 Å². The second-order valence-corrected chi connectivity index (χ2v) is 5.04. The Morgan fingerprint density at radius 3 is 2.68 bits per heavy atom. The normalized spacial score (nSPS) is 10.3. The maximum absolute atomic E-state index is 11.6. The second kappa shape index (κ2) is 5.32. The van der Waals surface area contributed by atoms with Gasteiger partial charge in [-0.05, 0) is 30.2 Å². The Morgan fingerprint density at radius 1 is 1.32 bits per heavy atom. The predicted octanol–water partition coefficient (Wildman–Crippen LogP) is 3.10. The highest BCUT2D eigenvalue weighted by molar-refractivity contribution is 7.18. The summed E-state index contributed by atoms with van der Waals surface area (Å²) < 4.78 is 9.94. The van der Waals surface area contributed by atoms with Gasteiger partial charge in [0.05, 0.1) is 19.9 Å². The van der Waals surface area contributed by atoms with E-state index in [9.17, 15) is 4.79 Å². The Bertz CT molecular complexity index is 619. The molecule has 0 spiro atoms. The Hall–Kier alpha value is -2.01. The van der Waals surface area contributed by atoms with Gasteiger partial charge in [0.15, 0.2) is 0 Å². The third-order valence-electron chi connectivity index (χ3n) is 2.90. The number of anilines is 1. The van der Waals surface area contributed by atoms with Gasteiger partial charge in [-0.1, -0.05) is 12.1 Å². The Kier molecular flexibility index (Phi) is 3.76. The number of esters is 1. The van der Waals surface area contributed by atoms with Crippen LogP contribution in [0.1, 0.15) is 15.2 Å². The molecular weight excluding hydrogens is 262 g/mol. The summed E-state index contributed by atoms with van der Waals surface area (Å²) in [6.07, 6.45) is 0. The fourth-order valence-electron chi connectivity index (χ4n) is 1.81. The number of hydrogen-bond acceptors (Lipinski definition) is 5. The Labute approximate surface area is 115 Å². The number of methoxy groups -OCH3 is 2. The monoisotopic (exact) mass is 277 g/mol. The second-order valence-electron chi connectivity index (χ2n) is 4.02. The van der Waals surface area contributed by atoms with Gasteiger partial charge in [-0.3, -0.25) is 0 Å². The molecule has 1 heterocycles. The molecule has 4 nitrogen and oxygen atoms in total. The number of nitrogen functional groups attached to an aromatic ring is 1. The molecule has 0 unspecified atom stereocenters. The molecule has 0 saturated carbocycles. The lowest BCUT2D eigenvalue weighted by molar-refractivity contribution is 0.0607. The largest absolute Gasteiger partial charge is 0.497 e. The van der Waals surface area contributed by atoms with Gasteiger partial charge in [0.25, 0.3) is 0 Å². The van der Waals surface area contributed by atoms with Crippen molar-refractivity contribution >= 4 is 23.0 Å². The van der Waals surface area contributed by atoms with E-state index in [0.717, 1.165) is 21.8 Å². The summed E-state index contributed by atoms with van der Waals surface area (Å²) in [7, 11) is 2.97. The average Bonchev–Trinajstić information content (AvgIpc) is 2.75. The van der Waals surface area contributed by atoms with Crippen molar-refractivity contribution in [3.63, 3.8) is 0 Å². The summed E-state index contributed by atoms with van der Waals surface area (Å²) >= 11 is 1.34. The summed E-state index contributed by atoms with van der Waals surface area (Å²) in [6.45, 7) is 1.90. The number of benzene rings is 1. The average molecular weight is 277 g/mol. The van der Waals surface area contributed by atoms with E-state index < -0.39 is 5.97 Å². The zero-order valence-electron chi connectivity index (χ0n) is 11.0. The van der Waals surface area contributed by atoms with Gasteiger partial charge in [0, 0.05) is 4.88 Å². The van der Waals surface area contributed by atoms with Crippen LogP contribution in [-0.4, -0.2) is 20.2 Å². The lowest BCUT2D eigenvalue weighted by Crippen LogP contribution is -2.01. The van der Waals surface area contributed by atoms with Crippen molar-refractivity contribution in [3.05, 3.63) is 34.7 Å². The van der Waals surface area contributed by atoms with Gasteiger partial charge in [0.2, 0.25) is 0 Å². The highest BCUT2D eigenvalue weighted by Crippen LogP contribution is 2.39. The molecule has 5 heteroatoms. The minimum atomic E-state index is -0.403. The van der Waals surface area contributed by atoms with Crippen molar-refractivity contribution in [2.45, 2.75) is 6.92 Å². The molecule has 0 aliphatic rings. The van der Waals surface area contributed by atoms with Crippen molar-refractivity contribution in [1.82, 2.24) is 0 Å². The predicted molar refractivity (Wildman–Crippen MR) is 76.8 cm³/mol. The SMILES string of the molecule is COC(=O)c1sc(-c2cccc(OC)c2)c(C)c1N. The Balaban J connectivity index is 2.53. The molecule has 0 aliphatic heterocycles. The van der Waals surface area contributed by atoms with Crippen LogP contribution in [0.3, 0.4) is 0 Å². The molecule has 2 aromatic rings. The quantitative estimate of drug-likeness (QED) is 0.876. The molecule has 2 rings (SSSR count). The van der Waals surface area contributed by atoms with Crippen LogP contribution in [0.2, 0.25) is 0 Å². The molecule has 100 valence electrons. The van der Waals surface area contributed by atoms with Crippen LogP contribution in [0.5, 0.6) is 5.75 Å². The highest BCUT2D eigenvalue weighted by atomic mass is 32.1. The summed E-state index contributed by atoms with van der Waals surface area (Å²) in [5, 5.41) is 0. The van der Waals surface area contributed by atoms with E-state index in [0.29, 0.717) is 10.6 Å². The molecule has 0 radical (unpaired) electrons. The van der Waals surface area contributed by atoms with Crippen molar-refractivity contribution in [2.75, 3.05) is 20.0 Å². The number of nitrogens with two attached hydrogens (primary N) is 1. The van der Waals surface area contributed by atoms with Crippen molar-refractivity contribution in [1.29, 1.82) is 0 Å². The zero-order chi connectivity index (χ0) is 14.0. The van der Waals surface area contributed by atoms with E-state index in [1.165, 1.54) is 18.4 Å². The number of carbonyl (C=O) groups is 1. The summed E-state index contributed by atoms with van der Waals surface area (Å²) in [5.41, 5.74) is 8.31. The lowest BCUT2D eigenvalue weighted by atomic mass is 10.1. The fraction of sp³-hybridized carbons (Fsp3) is 0.214. The maximum Gasteiger partial charge on any atom is 0.350 e. The summed E-state index contributed by atoms with van der Waals surface area (Å²) in [6, 6.07) is 7.65. The summed E-state index contributed by atoms with van der Waals surface area (Å²) in [5.74, 6) is 0.364. The number of carbonyl (C=O) groups excluding carboxylic acids is 1. The van der Waals surface area contributed by atoms with Gasteiger partial charge in [-0.25, -0.2) is 4.79 Å². The topological polar surface area (TPSA) is 61.5 Å². The van der Waals surface area contributed by atoms with Gasteiger partial charge in [0.1, 0.15) is 10.6 Å². The van der Waals surface area contributed by atoms with Crippen LogP contribution in [-0.2, 0) is 4.74 Å². The summed E-state index contributed by atoms with van der Waals surface area (Å²) in [4.78, 5) is 13.0. The maximum atomic E-state index is 11.6. The van der Waals surface area contributed by atoms with Crippen LogP contribution in [0, 0.1) is 6.92 Å². The molecule has 19 heavy (non-hydrogen) atoms. The van der Waals surface area contributed by atoms with Crippen molar-refractivity contribution in [2.24, 2.45) is 0 Å². The van der Waals surface area contributed by atoms with Crippen molar-refractivity contribution in [3.8, 4) is 16.2 Å². The molecular formula is C14H15NO3S. The van der Waals surface area contributed by atoms with Gasteiger partial charge < -0.3 is 15.2 Å². The van der Waals surface area contributed by atoms with Crippen LogP contribution < -0.4 is 10.5 Å². The minimum absolute atomic E-state index is 0.403. The highest BCUT2D eigenvalue weighted by Gasteiger charge is 2.19. The first-order valence-corrected chi connectivity index (χ1v) is 6.51. The van der Waals surface area contributed by atoms with E-state index in [2.05, 4.69) is 0 Å². The first-order chi connectivity index (χ1) is 9.08. The zero-order valence-corrected chi connectivity index (χ0v) is 11.8. The van der Waals surface area contributed by atoms with E-state index >= 15 is 0 Å². The molecule has 1 aromatic heterocycles. The van der Waals surface area contributed by atoms with Gasteiger partial charge in [-0.2, -0.15) is 0 Å². The minimum Gasteiger partial charge on any atom is -0.497 e. The smallest absolute Gasteiger partial charge is 0.350 e. The number of ether oxygens (including phenoxy) is 2. The van der Waals surface area contributed by atoms with Crippen LogP contribution in [0.4, 0.5) is 5.69 Å². The molecule has 0 fully saturated rings.